The van der Waals surface area contributed by atoms with Crippen LogP contribution in [-0.4, -0.2) is 46.1 Å². The van der Waals surface area contributed by atoms with Crippen molar-refractivity contribution in [3.63, 3.8) is 0 Å². The molecule has 2 amide bonds. The van der Waals surface area contributed by atoms with Crippen molar-refractivity contribution in [1.82, 2.24) is 5.32 Å². The molecule has 5 bridgehead atoms. The summed E-state index contributed by atoms with van der Waals surface area (Å²) in [6.07, 6.45) is 6.08. The van der Waals surface area contributed by atoms with Crippen LogP contribution in [0.4, 0.5) is 4.79 Å². The van der Waals surface area contributed by atoms with Crippen LogP contribution in [0.15, 0.2) is 27.9 Å². The number of ether oxygens (including phenoxy) is 2. The smallest absolute Gasteiger partial charge is 0.309 e. The predicted molar refractivity (Wildman–Crippen MR) is 142 cm³/mol. The molecule has 0 radical (unpaired) electrons. The number of esters is 1. The minimum atomic E-state index is -0.922. The summed E-state index contributed by atoms with van der Waals surface area (Å²) < 4.78 is 13.5. The van der Waals surface area contributed by atoms with Crippen LogP contribution in [0.2, 0.25) is 0 Å². The molecule has 0 aromatic rings. The second-order valence-electron chi connectivity index (χ2n) is 14.4. The van der Waals surface area contributed by atoms with Gasteiger partial charge in [-0.1, -0.05) is 18.6 Å². The molecular formula is C30H40N4O5. The molecule has 0 aromatic carbocycles. The van der Waals surface area contributed by atoms with E-state index >= 15 is 0 Å². The fourth-order valence-electron chi connectivity index (χ4n) is 11.7. The van der Waals surface area contributed by atoms with E-state index in [0.29, 0.717) is 24.7 Å². The van der Waals surface area contributed by atoms with Gasteiger partial charge in [0, 0.05) is 39.2 Å². The van der Waals surface area contributed by atoms with Gasteiger partial charge in [0.1, 0.15) is 6.10 Å². The van der Waals surface area contributed by atoms with E-state index in [0.717, 1.165) is 24.8 Å². The molecule has 2 saturated heterocycles. The highest BCUT2D eigenvalue weighted by atomic mass is 16.6. The van der Waals surface area contributed by atoms with Crippen LogP contribution in [-0.2, 0) is 14.3 Å². The number of azide groups is 1. The Kier molecular flexibility index (Phi) is 5.04. The van der Waals surface area contributed by atoms with E-state index in [1.165, 1.54) is 11.1 Å². The first kappa shape index (κ1) is 25.6. The maximum absolute atomic E-state index is 13.1. The number of urea groups is 1. The number of allylic oxidation sites excluding steroid dienone is 2. The summed E-state index contributed by atoms with van der Waals surface area (Å²) in [6.45, 7) is 12.7. The van der Waals surface area contributed by atoms with Crippen LogP contribution in [0.25, 0.3) is 10.4 Å². The first-order valence-corrected chi connectivity index (χ1v) is 14.7. The average Bonchev–Trinajstić information content (AvgIpc) is 3.49. The number of rotatable bonds is 2. The molecule has 3 saturated carbocycles. The van der Waals surface area contributed by atoms with Gasteiger partial charge in [-0.3, -0.25) is 9.59 Å². The van der Waals surface area contributed by atoms with Crippen molar-refractivity contribution in [2.75, 3.05) is 0 Å². The normalized spacial score (nSPS) is 53.1. The van der Waals surface area contributed by atoms with E-state index in [1.807, 2.05) is 20.8 Å². The first-order chi connectivity index (χ1) is 18.3. The second kappa shape index (κ2) is 7.68. The molecule has 9 nitrogen and oxygen atoms in total. The maximum atomic E-state index is 13.1. The fraction of sp³-hybridized carbons (Fsp3) is 0.800. The molecule has 9 heteroatoms. The minimum absolute atomic E-state index is 0.0336. The van der Waals surface area contributed by atoms with Crippen LogP contribution < -0.4 is 5.32 Å². The monoisotopic (exact) mass is 536 g/mol. The lowest BCUT2D eigenvalue weighted by molar-refractivity contribution is -0.207. The highest BCUT2D eigenvalue weighted by Crippen LogP contribution is 2.85. The van der Waals surface area contributed by atoms with Crippen molar-refractivity contribution in [3.8, 4) is 0 Å². The zero-order chi connectivity index (χ0) is 27.9. The lowest BCUT2D eigenvalue weighted by Gasteiger charge is -2.53. The number of hydrogen-bond donors (Lipinski definition) is 2. The van der Waals surface area contributed by atoms with Gasteiger partial charge in [-0.15, -0.1) is 0 Å². The third kappa shape index (κ3) is 2.87. The Balaban J connectivity index is 1.39. The van der Waals surface area contributed by atoms with Crippen molar-refractivity contribution >= 4 is 12.0 Å². The van der Waals surface area contributed by atoms with Crippen LogP contribution in [0.1, 0.15) is 73.6 Å². The lowest BCUT2D eigenvalue weighted by atomic mass is 9.55. The van der Waals surface area contributed by atoms with Gasteiger partial charge in [0.15, 0.2) is 0 Å². The van der Waals surface area contributed by atoms with Gasteiger partial charge in [0.05, 0.1) is 22.7 Å². The second-order valence-corrected chi connectivity index (χ2v) is 14.4. The molecule has 5 aliphatic carbocycles. The minimum Gasteiger partial charge on any atom is -0.461 e. The van der Waals surface area contributed by atoms with Crippen LogP contribution in [0, 0.1) is 46.8 Å². The third-order valence-electron chi connectivity index (χ3n) is 12.7. The van der Waals surface area contributed by atoms with Gasteiger partial charge in [0.25, 0.3) is 0 Å². The van der Waals surface area contributed by atoms with Crippen LogP contribution >= 0.6 is 0 Å². The number of nitrogens with one attached hydrogen (secondary N) is 1. The Morgan fingerprint density at radius 2 is 2.00 bits per heavy atom. The summed E-state index contributed by atoms with van der Waals surface area (Å²) >= 11 is 0. The quantitative estimate of drug-likeness (QED) is 0.217. The Hall–Kier alpha value is -2.35. The Bertz CT molecular complexity index is 1300. The highest BCUT2D eigenvalue weighted by molar-refractivity contribution is 5.76. The molecule has 7 aliphatic rings. The molecule has 5 fully saturated rings. The zero-order valence-corrected chi connectivity index (χ0v) is 23.7. The number of amides is 2. The molecule has 7 rings (SSSR count). The van der Waals surface area contributed by atoms with E-state index in [9.17, 15) is 14.7 Å². The number of carbonyl (C=O) groups is 2. The Morgan fingerprint density at radius 3 is 2.72 bits per heavy atom. The van der Waals surface area contributed by atoms with Gasteiger partial charge in [-0.2, -0.15) is 0 Å². The molecule has 13 atom stereocenters. The van der Waals surface area contributed by atoms with Crippen molar-refractivity contribution < 1.29 is 24.2 Å². The summed E-state index contributed by atoms with van der Waals surface area (Å²) in [7, 11) is 0. The van der Waals surface area contributed by atoms with Crippen molar-refractivity contribution in [1.29, 1.82) is 0 Å². The van der Waals surface area contributed by atoms with Crippen molar-refractivity contribution in [2.45, 2.75) is 103 Å². The summed E-state index contributed by atoms with van der Waals surface area (Å²) in [5.74, 6) is 1.06. The molecular weight excluding hydrogens is 496 g/mol. The van der Waals surface area contributed by atoms with E-state index in [2.05, 4.69) is 42.2 Å². The highest BCUT2D eigenvalue weighted by Gasteiger charge is 2.88. The summed E-state index contributed by atoms with van der Waals surface area (Å²) in [5.41, 5.74) is 10.3. The average molecular weight is 537 g/mol. The summed E-state index contributed by atoms with van der Waals surface area (Å²) in [5, 5.41) is 18.1. The summed E-state index contributed by atoms with van der Waals surface area (Å²) in [6, 6.07) is -1.03. The Labute approximate surface area is 229 Å². The van der Waals surface area contributed by atoms with E-state index in [1.54, 1.807) is 0 Å². The summed E-state index contributed by atoms with van der Waals surface area (Å²) in [4.78, 5) is 27.7. The number of nitrogens with zero attached hydrogens (tertiary/aromatic N) is 3. The lowest BCUT2D eigenvalue weighted by Crippen LogP contribution is -2.58. The number of aliphatic hydroxyl groups is 1. The molecule has 2 aliphatic heterocycles. The molecule has 0 spiro atoms. The van der Waals surface area contributed by atoms with E-state index < -0.39 is 11.6 Å². The third-order valence-corrected chi connectivity index (χ3v) is 12.7. The topological polar surface area (TPSA) is 134 Å². The van der Waals surface area contributed by atoms with Gasteiger partial charge in [0.2, 0.25) is 0 Å². The van der Waals surface area contributed by atoms with Crippen LogP contribution in [0.5, 0.6) is 0 Å². The maximum Gasteiger partial charge on any atom is 0.309 e. The predicted octanol–water partition coefficient (Wildman–Crippen LogP) is 5.20. The largest absolute Gasteiger partial charge is 0.461 e. The molecule has 2 N–H and O–H groups in total. The standard InChI is InChI=1S/C30H40N4O5/c1-13-18-11-16(15(3)32-26(36)33-34-31)7-9-27(4,37)22(18)20-19-12-29(6)30(21(13)20)23(19)28(5,39-29)10-8-17-14(2)25(35)38-24(17)30/h11,14-15,17,19-24,37H,7-10,12H2,1-6H3,(H,32,36)/t14-,15?,17-,19-,20-,21-,22-,23-,24-,27-,28-,29?,30?/m0/s1. The molecule has 3 unspecified atom stereocenters. The molecule has 0 aromatic heterocycles. The Morgan fingerprint density at radius 1 is 1.26 bits per heavy atom. The van der Waals surface area contributed by atoms with Gasteiger partial charge < -0.3 is 19.9 Å². The van der Waals surface area contributed by atoms with Crippen LogP contribution in [0.3, 0.4) is 0 Å². The molecule has 210 valence electrons. The van der Waals surface area contributed by atoms with E-state index in [-0.39, 0.29) is 64.3 Å². The number of fused-ring (bicyclic) bond motifs is 5. The van der Waals surface area contributed by atoms with Gasteiger partial charge >= 0.3 is 12.0 Å². The van der Waals surface area contributed by atoms with Crippen molar-refractivity contribution in [3.05, 3.63) is 33.2 Å². The zero-order valence-electron chi connectivity index (χ0n) is 23.7. The first-order valence-electron chi connectivity index (χ1n) is 14.7. The molecule has 39 heavy (non-hydrogen) atoms. The van der Waals surface area contributed by atoms with Gasteiger partial charge in [-0.05, 0) is 101 Å². The SMILES string of the molecule is CC1=C2C=C(C(C)NC(=O)N=[N+]=[N-])CC[C@](C)(O)[C@@H]2[C@H]2[C@@H]3CC4(C)O[C@@]5(C)CC[C@H]6[C@H](C)C(=O)O[C@@H]6C4([C@@H]35)[C@@H]12. The molecule has 2 heterocycles. The van der Waals surface area contributed by atoms with Crippen molar-refractivity contribution in [2.24, 2.45) is 52.0 Å². The van der Waals surface area contributed by atoms with Gasteiger partial charge in [-0.25, -0.2) is 0 Å². The number of hydrogen-bond acceptors (Lipinski definition) is 5. The van der Waals surface area contributed by atoms with E-state index in [4.69, 9.17) is 15.0 Å². The number of carbonyl (C=O) groups excluding carboxylic acids is 2. The fourth-order valence-corrected chi connectivity index (χ4v) is 11.7.